The molecule has 0 spiro atoms. The van der Waals surface area contributed by atoms with Crippen LogP contribution < -0.4 is 5.32 Å². The maximum Gasteiger partial charge on any atom is 0.305 e. The Labute approximate surface area is 106 Å². The molecule has 2 N–H and O–H groups in total. The molecule has 1 aromatic rings. The van der Waals surface area contributed by atoms with E-state index < -0.39 is 11.5 Å². The van der Waals surface area contributed by atoms with Crippen molar-refractivity contribution >= 4 is 11.9 Å². The summed E-state index contributed by atoms with van der Waals surface area (Å²) in [7, 11) is 3.22. The van der Waals surface area contributed by atoms with Crippen molar-refractivity contribution in [2.24, 2.45) is 7.05 Å². The summed E-state index contributed by atoms with van der Waals surface area (Å²) in [6.07, 6.45) is 1.55. The van der Waals surface area contributed by atoms with Crippen LogP contribution in [0.5, 0.6) is 0 Å². The van der Waals surface area contributed by atoms with E-state index in [9.17, 15) is 9.59 Å². The second-order valence-corrected chi connectivity index (χ2v) is 4.52. The molecule has 0 aliphatic carbocycles. The van der Waals surface area contributed by atoms with Crippen molar-refractivity contribution in [1.82, 2.24) is 9.88 Å². The van der Waals surface area contributed by atoms with Crippen LogP contribution in [-0.2, 0) is 16.6 Å². The molecule has 0 saturated carbocycles. The molecule has 0 bridgehead atoms. The smallest absolute Gasteiger partial charge is 0.305 e. The van der Waals surface area contributed by atoms with Crippen molar-refractivity contribution in [3.8, 4) is 0 Å². The van der Waals surface area contributed by atoms with Gasteiger partial charge in [-0.3, -0.25) is 9.59 Å². The van der Waals surface area contributed by atoms with Crippen molar-refractivity contribution in [2.45, 2.75) is 18.9 Å². The van der Waals surface area contributed by atoms with Crippen molar-refractivity contribution in [2.75, 3.05) is 13.7 Å². The summed E-state index contributed by atoms with van der Waals surface area (Å²) in [4.78, 5) is 22.8. The number of rotatable bonds is 6. The van der Waals surface area contributed by atoms with E-state index in [0.29, 0.717) is 5.69 Å². The first-order valence-corrected chi connectivity index (χ1v) is 5.52. The lowest BCUT2D eigenvalue weighted by Crippen LogP contribution is -2.51. The van der Waals surface area contributed by atoms with Crippen molar-refractivity contribution in [3.63, 3.8) is 0 Å². The Morgan fingerprint density at radius 3 is 2.67 bits per heavy atom. The zero-order chi connectivity index (χ0) is 13.8. The van der Waals surface area contributed by atoms with Crippen molar-refractivity contribution in [3.05, 3.63) is 24.0 Å². The molecule has 0 aromatic carbocycles. The highest BCUT2D eigenvalue weighted by Gasteiger charge is 2.30. The van der Waals surface area contributed by atoms with Crippen LogP contribution in [0.25, 0.3) is 0 Å². The molecule has 1 heterocycles. The first-order valence-electron chi connectivity index (χ1n) is 5.52. The highest BCUT2D eigenvalue weighted by Crippen LogP contribution is 2.12. The average Bonchev–Trinajstić information content (AvgIpc) is 2.62. The second-order valence-electron chi connectivity index (χ2n) is 4.52. The fourth-order valence-corrected chi connectivity index (χ4v) is 1.82. The van der Waals surface area contributed by atoms with E-state index in [-0.39, 0.29) is 18.9 Å². The van der Waals surface area contributed by atoms with Gasteiger partial charge in [0.2, 0.25) is 0 Å². The number of ether oxygens (including phenoxy) is 1. The summed E-state index contributed by atoms with van der Waals surface area (Å²) in [6.45, 7) is 1.78. The fourth-order valence-electron chi connectivity index (χ4n) is 1.82. The van der Waals surface area contributed by atoms with Crippen LogP contribution >= 0.6 is 0 Å². The standard InChI is InChI=1S/C12H18N2O4/c1-12(8-18-3,7-10(15)16)13-11(17)9-5-4-6-14(9)2/h4-6H,7-8H2,1-3H3,(H,13,17)(H,15,16). The van der Waals surface area contributed by atoms with Gasteiger partial charge in [0, 0.05) is 20.4 Å². The summed E-state index contributed by atoms with van der Waals surface area (Å²) >= 11 is 0. The van der Waals surface area contributed by atoms with Gasteiger partial charge in [0.15, 0.2) is 0 Å². The number of amides is 1. The van der Waals surface area contributed by atoms with Crippen LogP contribution in [-0.4, -0.2) is 40.8 Å². The number of carbonyl (C=O) groups is 2. The minimum Gasteiger partial charge on any atom is -0.481 e. The summed E-state index contributed by atoms with van der Waals surface area (Å²) < 4.78 is 6.64. The monoisotopic (exact) mass is 254 g/mol. The highest BCUT2D eigenvalue weighted by atomic mass is 16.5. The number of aromatic nitrogens is 1. The average molecular weight is 254 g/mol. The predicted octanol–water partition coefficient (Wildman–Crippen LogP) is 0.635. The third-order valence-corrected chi connectivity index (χ3v) is 2.60. The van der Waals surface area contributed by atoms with E-state index in [1.807, 2.05) is 0 Å². The molecule has 1 atom stereocenters. The predicted molar refractivity (Wildman–Crippen MR) is 65.4 cm³/mol. The molecule has 0 fully saturated rings. The van der Waals surface area contributed by atoms with Gasteiger partial charge < -0.3 is 19.7 Å². The molecule has 0 aliphatic heterocycles. The maximum atomic E-state index is 12.0. The topological polar surface area (TPSA) is 80.6 Å². The number of nitrogens with zero attached hydrogens (tertiary/aromatic N) is 1. The molecule has 1 amide bonds. The number of hydrogen-bond donors (Lipinski definition) is 2. The Morgan fingerprint density at radius 2 is 2.22 bits per heavy atom. The van der Waals surface area contributed by atoms with Crippen LogP contribution in [0.4, 0.5) is 0 Å². The van der Waals surface area contributed by atoms with E-state index in [4.69, 9.17) is 9.84 Å². The van der Waals surface area contributed by atoms with Gasteiger partial charge in [0.05, 0.1) is 18.6 Å². The van der Waals surface area contributed by atoms with Crippen molar-refractivity contribution < 1.29 is 19.4 Å². The Hall–Kier alpha value is -1.82. The lowest BCUT2D eigenvalue weighted by molar-refractivity contribution is -0.139. The lowest BCUT2D eigenvalue weighted by Gasteiger charge is -2.28. The Morgan fingerprint density at radius 1 is 1.56 bits per heavy atom. The van der Waals surface area contributed by atoms with E-state index in [0.717, 1.165) is 0 Å². The van der Waals surface area contributed by atoms with Gasteiger partial charge >= 0.3 is 5.97 Å². The van der Waals surface area contributed by atoms with Crippen molar-refractivity contribution in [1.29, 1.82) is 0 Å². The number of methoxy groups -OCH3 is 1. The second kappa shape index (κ2) is 5.68. The number of carboxylic acid groups (broad SMARTS) is 1. The molecule has 1 unspecified atom stereocenters. The molecule has 1 rings (SSSR count). The number of nitrogens with one attached hydrogen (secondary N) is 1. The Kier molecular flexibility index (Phi) is 4.49. The van der Waals surface area contributed by atoms with Gasteiger partial charge in [0.25, 0.3) is 5.91 Å². The van der Waals surface area contributed by atoms with Crippen LogP contribution in [0.1, 0.15) is 23.8 Å². The Balaban J connectivity index is 2.81. The molecule has 0 aliphatic rings. The van der Waals surface area contributed by atoms with Gasteiger partial charge in [0.1, 0.15) is 5.69 Å². The van der Waals surface area contributed by atoms with Crippen LogP contribution in [0.3, 0.4) is 0 Å². The molecule has 100 valence electrons. The van der Waals surface area contributed by atoms with Gasteiger partial charge in [-0.05, 0) is 19.1 Å². The van der Waals surface area contributed by atoms with E-state index in [1.165, 1.54) is 7.11 Å². The summed E-state index contributed by atoms with van der Waals surface area (Å²) in [5.74, 6) is -1.30. The zero-order valence-electron chi connectivity index (χ0n) is 10.8. The first kappa shape index (κ1) is 14.2. The Bertz CT molecular complexity index is 441. The number of carbonyl (C=O) groups excluding carboxylic acids is 1. The normalized spacial score (nSPS) is 13.9. The molecule has 6 heteroatoms. The number of hydrogen-bond acceptors (Lipinski definition) is 3. The zero-order valence-corrected chi connectivity index (χ0v) is 10.8. The van der Waals surface area contributed by atoms with Gasteiger partial charge in [-0.15, -0.1) is 0 Å². The number of aryl methyl sites for hydroxylation is 1. The molecule has 0 radical (unpaired) electrons. The molecule has 0 saturated heterocycles. The highest BCUT2D eigenvalue weighted by molar-refractivity contribution is 5.93. The molecular formula is C12H18N2O4. The lowest BCUT2D eigenvalue weighted by atomic mass is 9.98. The molecule has 1 aromatic heterocycles. The third-order valence-electron chi connectivity index (χ3n) is 2.60. The summed E-state index contributed by atoms with van der Waals surface area (Å²) in [6, 6.07) is 3.42. The summed E-state index contributed by atoms with van der Waals surface area (Å²) in [5.41, 5.74) is -0.454. The first-order chi connectivity index (χ1) is 8.38. The summed E-state index contributed by atoms with van der Waals surface area (Å²) in [5, 5.41) is 11.6. The van der Waals surface area contributed by atoms with E-state index >= 15 is 0 Å². The van der Waals surface area contributed by atoms with Gasteiger partial charge in [-0.1, -0.05) is 0 Å². The molecular weight excluding hydrogens is 236 g/mol. The van der Waals surface area contributed by atoms with Crippen LogP contribution in [0.2, 0.25) is 0 Å². The van der Waals surface area contributed by atoms with E-state index in [2.05, 4.69) is 5.32 Å². The minimum atomic E-state index is -0.985. The van der Waals surface area contributed by atoms with Crippen LogP contribution in [0.15, 0.2) is 18.3 Å². The maximum absolute atomic E-state index is 12.0. The van der Waals surface area contributed by atoms with Crippen LogP contribution in [0, 0.1) is 0 Å². The molecule has 18 heavy (non-hydrogen) atoms. The quantitative estimate of drug-likeness (QED) is 0.780. The SMILES string of the molecule is COCC(C)(CC(=O)O)NC(=O)c1cccn1C. The number of carboxylic acids is 1. The third kappa shape index (κ3) is 3.59. The number of aliphatic carboxylic acids is 1. The minimum absolute atomic E-state index is 0.134. The largest absolute Gasteiger partial charge is 0.481 e. The van der Waals surface area contributed by atoms with E-state index in [1.54, 1.807) is 36.9 Å². The van der Waals surface area contributed by atoms with Gasteiger partial charge in [-0.2, -0.15) is 0 Å². The van der Waals surface area contributed by atoms with Gasteiger partial charge in [-0.25, -0.2) is 0 Å². The molecule has 6 nitrogen and oxygen atoms in total. The fraction of sp³-hybridized carbons (Fsp3) is 0.500.